The molecular formula is C22H24BrN3O2. The zero-order chi connectivity index (χ0) is 19.8. The second-order valence-corrected chi connectivity index (χ2v) is 8.30. The van der Waals surface area contributed by atoms with Gasteiger partial charge in [-0.2, -0.15) is 0 Å². The van der Waals surface area contributed by atoms with Crippen molar-refractivity contribution in [2.24, 2.45) is 0 Å². The first-order valence-electron chi connectivity index (χ1n) is 9.42. The molecule has 0 bridgehead atoms. The zero-order valence-corrected chi connectivity index (χ0v) is 17.8. The van der Waals surface area contributed by atoms with Gasteiger partial charge in [-0.1, -0.05) is 40.2 Å². The normalized spacial score (nSPS) is 24.2. The van der Waals surface area contributed by atoms with Crippen molar-refractivity contribution in [2.75, 3.05) is 7.11 Å². The Bertz CT molecular complexity index is 908. The molecule has 2 heterocycles. The first kappa shape index (κ1) is 19.0. The molecule has 1 saturated heterocycles. The number of allylic oxidation sites excluding steroid dienone is 1. The van der Waals surface area contributed by atoms with E-state index in [-0.39, 0.29) is 24.0 Å². The Balaban J connectivity index is 1.60. The van der Waals surface area contributed by atoms with Crippen LogP contribution in [0.4, 0.5) is 0 Å². The molecule has 28 heavy (non-hydrogen) atoms. The maximum absolute atomic E-state index is 13.2. The molecule has 5 nitrogen and oxygen atoms in total. The van der Waals surface area contributed by atoms with E-state index in [2.05, 4.69) is 45.7 Å². The summed E-state index contributed by atoms with van der Waals surface area (Å²) in [4.78, 5) is 13.2. The lowest BCUT2D eigenvalue weighted by molar-refractivity contribution is -0.132. The lowest BCUT2D eigenvalue weighted by atomic mass is 9.89. The van der Waals surface area contributed by atoms with E-state index < -0.39 is 0 Å². The van der Waals surface area contributed by atoms with Crippen LogP contribution < -0.4 is 15.5 Å². The Morgan fingerprint density at radius 1 is 1.11 bits per heavy atom. The molecule has 2 aromatic carbocycles. The number of amides is 1. The molecule has 0 spiro atoms. The summed E-state index contributed by atoms with van der Waals surface area (Å²) in [6, 6.07) is 16.3. The number of ether oxygens (including phenoxy) is 1. The minimum absolute atomic E-state index is 0.0482. The average Bonchev–Trinajstić information content (AvgIpc) is 3.02. The molecule has 146 valence electrons. The molecule has 3 unspecified atom stereocenters. The minimum atomic E-state index is -0.107. The number of hydrogen-bond acceptors (Lipinski definition) is 4. The van der Waals surface area contributed by atoms with Crippen molar-refractivity contribution in [3.05, 3.63) is 75.4 Å². The number of nitrogens with zero attached hydrogens (tertiary/aromatic N) is 1. The number of rotatable bonds is 4. The molecule has 4 rings (SSSR count). The van der Waals surface area contributed by atoms with Crippen LogP contribution in [-0.2, 0) is 11.2 Å². The number of hydrazine groups is 1. The van der Waals surface area contributed by atoms with E-state index >= 15 is 0 Å². The lowest BCUT2D eigenvalue weighted by Gasteiger charge is -2.35. The van der Waals surface area contributed by atoms with Crippen molar-refractivity contribution < 1.29 is 9.53 Å². The van der Waals surface area contributed by atoms with Crippen LogP contribution in [0.2, 0.25) is 0 Å². The van der Waals surface area contributed by atoms with Gasteiger partial charge in [0.2, 0.25) is 0 Å². The SMILES string of the molecule is COc1ccc(C2C(C)NN3C(=O)C(Cc4ccc(Br)cc4)=C(C)NC23)cc1. The Morgan fingerprint density at radius 3 is 2.43 bits per heavy atom. The minimum Gasteiger partial charge on any atom is -0.497 e. The van der Waals surface area contributed by atoms with Gasteiger partial charge in [-0.25, -0.2) is 5.43 Å². The summed E-state index contributed by atoms with van der Waals surface area (Å²) < 4.78 is 6.31. The van der Waals surface area contributed by atoms with Gasteiger partial charge >= 0.3 is 0 Å². The number of carbonyl (C=O) groups excluding carboxylic acids is 1. The standard InChI is InChI=1S/C22H24BrN3O2/c1-13-19(12-15-4-8-17(23)9-5-15)22(27)26-21(24-13)20(14(2)25-26)16-6-10-18(28-3)11-7-16/h4-11,14,20-21,24-25H,12H2,1-3H3. The molecule has 2 N–H and O–H groups in total. The maximum Gasteiger partial charge on any atom is 0.267 e. The number of methoxy groups -OCH3 is 1. The van der Waals surface area contributed by atoms with E-state index in [1.807, 2.05) is 43.3 Å². The molecule has 1 fully saturated rings. The lowest BCUT2D eigenvalue weighted by Crippen LogP contribution is -2.54. The maximum atomic E-state index is 13.2. The van der Waals surface area contributed by atoms with Crippen molar-refractivity contribution in [3.63, 3.8) is 0 Å². The second kappa shape index (κ2) is 7.60. The van der Waals surface area contributed by atoms with E-state index in [1.54, 1.807) is 12.1 Å². The summed E-state index contributed by atoms with van der Waals surface area (Å²) in [5.41, 5.74) is 7.42. The first-order valence-corrected chi connectivity index (χ1v) is 10.2. The van der Waals surface area contributed by atoms with Crippen molar-refractivity contribution in [3.8, 4) is 5.75 Å². The van der Waals surface area contributed by atoms with Crippen LogP contribution in [0.25, 0.3) is 0 Å². The number of benzene rings is 2. The van der Waals surface area contributed by atoms with Gasteiger partial charge in [0.25, 0.3) is 5.91 Å². The van der Waals surface area contributed by atoms with Gasteiger partial charge in [0.05, 0.1) is 7.11 Å². The van der Waals surface area contributed by atoms with E-state index in [4.69, 9.17) is 4.74 Å². The van der Waals surface area contributed by atoms with Crippen LogP contribution >= 0.6 is 15.9 Å². The molecule has 0 aromatic heterocycles. The fourth-order valence-corrected chi connectivity index (χ4v) is 4.34. The molecule has 2 aliphatic rings. The smallest absolute Gasteiger partial charge is 0.267 e. The molecular weight excluding hydrogens is 418 g/mol. The average molecular weight is 442 g/mol. The largest absolute Gasteiger partial charge is 0.497 e. The highest BCUT2D eigenvalue weighted by Gasteiger charge is 2.46. The third-order valence-corrected chi connectivity index (χ3v) is 6.12. The van der Waals surface area contributed by atoms with E-state index in [1.165, 1.54) is 5.56 Å². The Hall–Kier alpha value is -2.31. The topological polar surface area (TPSA) is 53.6 Å². The molecule has 3 atom stereocenters. The Morgan fingerprint density at radius 2 is 1.79 bits per heavy atom. The van der Waals surface area contributed by atoms with Gasteiger partial charge in [0.15, 0.2) is 0 Å². The first-order chi connectivity index (χ1) is 13.5. The number of nitrogens with one attached hydrogen (secondary N) is 2. The van der Waals surface area contributed by atoms with Crippen LogP contribution in [0, 0.1) is 0 Å². The van der Waals surface area contributed by atoms with Crippen molar-refractivity contribution in [2.45, 2.75) is 38.4 Å². The molecule has 2 aromatic rings. The summed E-state index contributed by atoms with van der Waals surface area (Å²) in [5.74, 6) is 1.03. The van der Waals surface area contributed by atoms with Crippen LogP contribution in [0.15, 0.2) is 64.3 Å². The zero-order valence-electron chi connectivity index (χ0n) is 16.2. The van der Waals surface area contributed by atoms with Gasteiger partial charge in [0, 0.05) is 34.1 Å². The number of fused-ring (bicyclic) bond motifs is 1. The van der Waals surface area contributed by atoms with Gasteiger partial charge in [0.1, 0.15) is 11.9 Å². The summed E-state index contributed by atoms with van der Waals surface area (Å²) in [5, 5.41) is 5.34. The van der Waals surface area contributed by atoms with Crippen LogP contribution in [0.1, 0.15) is 30.9 Å². The van der Waals surface area contributed by atoms with Crippen molar-refractivity contribution in [1.82, 2.24) is 15.8 Å². The quantitative estimate of drug-likeness (QED) is 0.758. The van der Waals surface area contributed by atoms with Gasteiger partial charge < -0.3 is 10.1 Å². The molecule has 6 heteroatoms. The summed E-state index contributed by atoms with van der Waals surface area (Å²) in [6.07, 6.45) is 0.502. The van der Waals surface area contributed by atoms with Gasteiger partial charge in [-0.15, -0.1) is 0 Å². The summed E-state index contributed by atoms with van der Waals surface area (Å²) >= 11 is 3.46. The van der Waals surface area contributed by atoms with Gasteiger partial charge in [-0.05, 0) is 49.2 Å². The third-order valence-electron chi connectivity index (χ3n) is 5.59. The third kappa shape index (κ3) is 3.42. The summed E-state index contributed by atoms with van der Waals surface area (Å²) in [6.45, 7) is 4.11. The molecule has 0 radical (unpaired) electrons. The monoisotopic (exact) mass is 441 g/mol. The highest BCUT2D eigenvalue weighted by Crippen LogP contribution is 2.35. The highest BCUT2D eigenvalue weighted by molar-refractivity contribution is 9.10. The molecule has 1 amide bonds. The van der Waals surface area contributed by atoms with Crippen molar-refractivity contribution >= 4 is 21.8 Å². The molecule has 0 aliphatic carbocycles. The fraction of sp³-hybridized carbons (Fsp3) is 0.318. The fourth-order valence-electron chi connectivity index (χ4n) is 4.08. The predicted octanol–water partition coefficient (Wildman–Crippen LogP) is 3.72. The van der Waals surface area contributed by atoms with E-state index in [0.29, 0.717) is 6.42 Å². The molecule has 2 aliphatic heterocycles. The van der Waals surface area contributed by atoms with Gasteiger partial charge in [-0.3, -0.25) is 9.80 Å². The number of halogens is 1. The Kier molecular flexibility index (Phi) is 5.17. The number of carbonyl (C=O) groups is 1. The number of hydrogen-bond donors (Lipinski definition) is 2. The second-order valence-electron chi connectivity index (χ2n) is 7.39. The van der Waals surface area contributed by atoms with E-state index in [0.717, 1.165) is 27.1 Å². The Labute approximate surface area is 173 Å². The molecule has 0 saturated carbocycles. The summed E-state index contributed by atoms with van der Waals surface area (Å²) in [7, 11) is 1.67. The highest BCUT2D eigenvalue weighted by atomic mass is 79.9. The van der Waals surface area contributed by atoms with E-state index in [9.17, 15) is 4.79 Å². The predicted molar refractivity (Wildman–Crippen MR) is 113 cm³/mol. The van der Waals surface area contributed by atoms with Crippen molar-refractivity contribution in [1.29, 1.82) is 0 Å². The van der Waals surface area contributed by atoms with Crippen LogP contribution in [0.5, 0.6) is 5.75 Å². The van der Waals surface area contributed by atoms with Crippen LogP contribution in [0.3, 0.4) is 0 Å². The van der Waals surface area contributed by atoms with Crippen LogP contribution in [-0.4, -0.2) is 30.2 Å².